The Kier molecular flexibility index (Phi) is 1.81. The summed E-state index contributed by atoms with van der Waals surface area (Å²) >= 11 is 4.32. The molecule has 1 aliphatic rings. The molecule has 0 unspecified atom stereocenters. The fraction of sp³-hybridized carbons (Fsp3) is 0.800. The second-order valence-corrected chi connectivity index (χ2v) is 2.58. The molecule has 0 aromatic carbocycles. The van der Waals surface area contributed by atoms with Crippen molar-refractivity contribution in [3.63, 3.8) is 0 Å². The molecule has 1 saturated carbocycles. The van der Waals surface area contributed by atoms with Gasteiger partial charge in [-0.2, -0.15) is 0 Å². The molecule has 0 heterocycles. The van der Waals surface area contributed by atoms with Gasteiger partial charge >= 0.3 is 11.5 Å². The van der Waals surface area contributed by atoms with Crippen molar-refractivity contribution in [2.45, 2.75) is 18.4 Å². The molecule has 0 N–H and O–H groups in total. The molecule has 10 heavy (non-hydrogen) atoms. The van der Waals surface area contributed by atoms with Crippen molar-refractivity contribution >= 4 is 17.6 Å². The molecule has 0 amide bonds. The molecule has 0 aliphatic heterocycles. The van der Waals surface area contributed by atoms with Gasteiger partial charge in [0.25, 0.3) is 0 Å². The highest BCUT2D eigenvalue weighted by molar-refractivity contribution is 6.21. The van der Waals surface area contributed by atoms with Crippen LogP contribution in [0.5, 0.6) is 0 Å². The third-order valence-electron chi connectivity index (χ3n) is 1.13. The Morgan fingerprint density at radius 2 is 2.10 bits per heavy atom. The number of ether oxygens (including phenoxy) is 1. The van der Waals surface area contributed by atoms with E-state index in [1.54, 1.807) is 0 Å². The monoisotopic (exact) mass is 170 g/mol. The Labute approximate surface area is 61.1 Å². The van der Waals surface area contributed by atoms with Gasteiger partial charge in [-0.1, -0.05) is 0 Å². The van der Waals surface area contributed by atoms with Crippen molar-refractivity contribution in [2.75, 3.05) is 0 Å². The lowest BCUT2D eigenvalue weighted by Gasteiger charge is -2.06. The van der Waals surface area contributed by atoms with E-state index in [0.29, 0.717) is 12.8 Å². The van der Waals surface area contributed by atoms with Crippen molar-refractivity contribution in [2.24, 2.45) is 5.92 Å². The predicted molar refractivity (Wildman–Crippen MR) is 29.6 cm³/mol. The number of halogens is 3. The number of esters is 1. The number of rotatable bonds is 2. The van der Waals surface area contributed by atoms with Gasteiger partial charge < -0.3 is 4.74 Å². The van der Waals surface area contributed by atoms with Crippen LogP contribution in [-0.4, -0.2) is 11.5 Å². The van der Waals surface area contributed by atoms with Gasteiger partial charge in [0.05, 0.1) is 5.92 Å². The summed E-state index contributed by atoms with van der Waals surface area (Å²) in [5.74, 6) is -1.25. The van der Waals surface area contributed by atoms with Crippen LogP contribution < -0.4 is 0 Å². The van der Waals surface area contributed by atoms with Gasteiger partial charge in [-0.25, -0.2) is 0 Å². The summed E-state index contributed by atoms with van der Waals surface area (Å²) in [4.78, 5) is 10.4. The smallest absolute Gasteiger partial charge is 0.387 e. The number of hydrogen-bond donors (Lipinski definition) is 0. The van der Waals surface area contributed by atoms with E-state index < -0.39 is 11.5 Å². The van der Waals surface area contributed by atoms with Crippen LogP contribution in [0.4, 0.5) is 8.78 Å². The molecule has 1 fully saturated rings. The van der Waals surface area contributed by atoms with E-state index >= 15 is 0 Å². The third kappa shape index (κ3) is 2.47. The third-order valence-corrected chi connectivity index (χ3v) is 1.20. The highest BCUT2D eigenvalue weighted by Gasteiger charge is 2.38. The summed E-state index contributed by atoms with van der Waals surface area (Å²) in [5.41, 5.74) is -3.83. The molecular weight excluding hydrogens is 166 g/mol. The van der Waals surface area contributed by atoms with Crippen LogP contribution in [-0.2, 0) is 9.53 Å². The molecule has 2 nitrogen and oxygen atoms in total. The minimum atomic E-state index is -3.83. The number of alkyl halides is 3. The minimum Gasteiger partial charge on any atom is -0.387 e. The van der Waals surface area contributed by atoms with E-state index in [0.717, 1.165) is 0 Å². The first kappa shape index (κ1) is 7.72. The number of hydrogen-bond acceptors (Lipinski definition) is 2. The summed E-state index contributed by atoms with van der Waals surface area (Å²) in [6.07, 6.45) is 1.26. The second kappa shape index (κ2) is 2.34. The Hall–Kier alpha value is -0.380. The largest absolute Gasteiger partial charge is 0.489 e. The van der Waals surface area contributed by atoms with Gasteiger partial charge in [-0.05, 0) is 12.8 Å². The van der Waals surface area contributed by atoms with Crippen LogP contribution in [0, 0.1) is 5.92 Å². The molecule has 0 bridgehead atoms. The molecule has 0 spiro atoms. The molecule has 58 valence electrons. The SMILES string of the molecule is O=C(OC(F)(F)Cl)C1CC1. The highest BCUT2D eigenvalue weighted by atomic mass is 35.5. The zero-order chi connectivity index (χ0) is 7.78. The second-order valence-electron chi connectivity index (χ2n) is 2.14. The molecule has 1 aliphatic carbocycles. The van der Waals surface area contributed by atoms with Gasteiger partial charge in [0.15, 0.2) is 0 Å². The topological polar surface area (TPSA) is 26.3 Å². The molecule has 0 radical (unpaired) electrons. The van der Waals surface area contributed by atoms with Crippen LogP contribution in [0.2, 0.25) is 0 Å². The van der Waals surface area contributed by atoms with Crippen molar-refractivity contribution in [3.05, 3.63) is 0 Å². The maximum absolute atomic E-state index is 11.7. The zero-order valence-corrected chi connectivity index (χ0v) is 5.70. The Balaban J connectivity index is 2.30. The molecule has 5 heteroatoms. The summed E-state index contributed by atoms with van der Waals surface area (Å²) in [5, 5.41) is 0. The summed E-state index contributed by atoms with van der Waals surface area (Å²) in [6.45, 7) is 0. The van der Waals surface area contributed by atoms with Crippen molar-refractivity contribution in [3.8, 4) is 0 Å². The first-order chi connectivity index (χ1) is 4.49. The molecule has 0 atom stereocenters. The Bertz CT molecular complexity index is 150. The molecule has 0 aromatic rings. The lowest BCUT2D eigenvalue weighted by atomic mass is 10.4. The first-order valence-electron chi connectivity index (χ1n) is 2.78. The van der Waals surface area contributed by atoms with E-state index in [2.05, 4.69) is 16.3 Å². The minimum absolute atomic E-state index is 0.343. The molecular formula is C5H5ClF2O2. The maximum atomic E-state index is 11.7. The lowest BCUT2D eigenvalue weighted by Crippen LogP contribution is -2.19. The van der Waals surface area contributed by atoms with Gasteiger partial charge in [0.2, 0.25) is 0 Å². The predicted octanol–water partition coefficient (Wildman–Crippen LogP) is 1.73. The van der Waals surface area contributed by atoms with Crippen molar-refractivity contribution < 1.29 is 18.3 Å². The van der Waals surface area contributed by atoms with E-state index in [4.69, 9.17) is 0 Å². The standard InChI is InChI=1S/C5H5ClF2O2/c6-5(7,8)10-4(9)3-1-2-3/h3H,1-2H2. The normalized spacial score (nSPS) is 18.7. The van der Waals surface area contributed by atoms with Crippen LogP contribution in [0.25, 0.3) is 0 Å². The van der Waals surface area contributed by atoms with E-state index in [-0.39, 0.29) is 5.92 Å². The number of carbonyl (C=O) groups is 1. The number of carbonyl (C=O) groups excluding carboxylic acids is 1. The van der Waals surface area contributed by atoms with E-state index in [9.17, 15) is 13.6 Å². The van der Waals surface area contributed by atoms with Crippen LogP contribution in [0.3, 0.4) is 0 Å². The maximum Gasteiger partial charge on any atom is 0.489 e. The van der Waals surface area contributed by atoms with Gasteiger partial charge in [0, 0.05) is 11.6 Å². The molecule has 0 saturated heterocycles. The zero-order valence-electron chi connectivity index (χ0n) is 4.94. The molecule has 0 aromatic heterocycles. The fourth-order valence-corrected chi connectivity index (χ4v) is 0.592. The average Bonchev–Trinajstić information content (AvgIpc) is 2.35. The van der Waals surface area contributed by atoms with E-state index in [1.807, 2.05) is 0 Å². The van der Waals surface area contributed by atoms with Crippen LogP contribution in [0.1, 0.15) is 12.8 Å². The Morgan fingerprint density at radius 3 is 2.40 bits per heavy atom. The Morgan fingerprint density at radius 1 is 1.60 bits per heavy atom. The summed E-state index contributed by atoms with van der Waals surface area (Å²) in [7, 11) is 0. The fourth-order valence-electron chi connectivity index (χ4n) is 0.516. The van der Waals surface area contributed by atoms with Gasteiger partial charge in [-0.15, -0.1) is 8.78 Å². The summed E-state index contributed by atoms with van der Waals surface area (Å²) in [6, 6.07) is 0. The van der Waals surface area contributed by atoms with Gasteiger partial charge in [-0.3, -0.25) is 4.79 Å². The van der Waals surface area contributed by atoms with Crippen LogP contribution >= 0.6 is 11.6 Å². The molecule has 1 rings (SSSR count). The average molecular weight is 171 g/mol. The first-order valence-corrected chi connectivity index (χ1v) is 3.16. The highest BCUT2D eigenvalue weighted by Crippen LogP contribution is 2.33. The van der Waals surface area contributed by atoms with Crippen molar-refractivity contribution in [1.82, 2.24) is 0 Å². The summed E-state index contributed by atoms with van der Waals surface area (Å²) < 4.78 is 26.9. The lowest BCUT2D eigenvalue weighted by molar-refractivity contribution is -0.193. The van der Waals surface area contributed by atoms with Gasteiger partial charge in [0.1, 0.15) is 0 Å². The van der Waals surface area contributed by atoms with Crippen LogP contribution in [0.15, 0.2) is 0 Å². The van der Waals surface area contributed by atoms with Crippen molar-refractivity contribution in [1.29, 1.82) is 0 Å². The van der Waals surface area contributed by atoms with E-state index in [1.165, 1.54) is 0 Å². The quantitative estimate of drug-likeness (QED) is 0.466.